The van der Waals surface area contributed by atoms with Crippen molar-refractivity contribution < 1.29 is 4.74 Å². The molecular weight excluding hydrogens is 290 g/mol. The maximum atomic E-state index is 5.39. The van der Waals surface area contributed by atoms with Gasteiger partial charge in [0.1, 0.15) is 5.69 Å². The summed E-state index contributed by atoms with van der Waals surface area (Å²) in [5.41, 5.74) is 5.73. The second-order valence-corrected chi connectivity index (χ2v) is 5.79. The number of ether oxygens (including phenoxy) is 1. The van der Waals surface area contributed by atoms with Gasteiger partial charge in [-0.15, -0.1) is 0 Å². The Hall–Kier alpha value is -2.47. The number of nitrogens with zero attached hydrogens (tertiary/aromatic N) is 5. The van der Waals surface area contributed by atoms with Crippen molar-refractivity contribution in [1.82, 2.24) is 19.6 Å². The zero-order valence-electron chi connectivity index (χ0n) is 13.4. The van der Waals surface area contributed by atoms with Crippen LogP contribution >= 0.6 is 0 Å². The minimum Gasteiger partial charge on any atom is -0.378 e. The van der Waals surface area contributed by atoms with Gasteiger partial charge in [0.15, 0.2) is 5.65 Å². The summed E-state index contributed by atoms with van der Waals surface area (Å²) in [6.07, 6.45) is 1.92. The van der Waals surface area contributed by atoms with Crippen LogP contribution < -0.4 is 4.90 Å². The minimum atomic E-state index is 0.776. The van der Waals surface area contributed by atoms with Gasteiger partial charge in [-0.2, -0.15) is 5.10 Å². The molecule has 0 N–H and O–H groups in total. The highest BCUT2D eigenvalue weighted by Gasteiger charge is 2.15. The van der Waals surface area contributed by atoms with Gasteiger partial charge in [0.05, 0.1) is 42.2 Å². The van der Waals surface area contributed by atoms with Gasteiger partial charge in [0, 0.05) is 13.1 Å². The number of rotatable bonds is 2. The Bertz CT molecular complexity index is 834. The quantitative estimate of drug-likeness (QED) is 0.727. The number of fused-ring (bicyclic) bond motifs is 1. The summed E-state index contributed by atoms with van der Waals surface area (Å²) in [7, 11) is 0. The Balaban J connectivity index is 1.69. The molecule has 4 rings (SSSR count). The molecule has 1 saturated heterocycles. The fourth-order valence-electron chi connectivity index (χ4n) is 2.91. The largest absolute Gasteiger partial charge is 0.378 e. The van der Waals surface area contributed by atoms with Gasteiger partial charge in [-0.3, -0.25) is 4.98 Å². The highest BCUT2D eigenvalue weighted by atomic mass is 16.5. The standard InChI is InChI=1S/C17H19N5O/c1-12-3-6-16-19-17(13(2)22(16)20-12)15-5-4-14(11-18-15)21-7-9-23-10-8-21/h3-6,11H,7-10H2,1-2H3. The van der Waals surface area contributed by atoms with Gasteiger partial charge in [-0.25, -0.2) is 9.50 Å². The lowest BCUT2D eigenvalue weighted by Gasteiger charge is -2.28. The summed E-state index contributed by atoms with van der Waals surface area (Å²) in [5.74, 6) is 0. The second-order valence-electron chi connectivity index (χ2n) is 5.79. The van der Waals surface area contributed by atoms with Gasteiger partial charge in [-0.1, -0.05) is 0 Å². The number of anilines is 1. The van der Waals surface area contributed by atoms with Crippen molar-refractivity contribution >= 4 is 11.3 Å². The summed E-state index contributed by atoms with van der Waals surface area (Å²) in [5, 5.41) is 4.52. The van der Waals surface area contributed by atoms with Crippen LogP contribution in [0, 0.1) is 13.8 Å². The molecule has 1 fully saturated rings. The van der Waals surface area contributed by atoms with Gasteiger partial charge < -0.3 is 9.64 Å². The van der Waals surface area contributed by atoms with E-state index in [2.05, 4.69) is 26.0 Å². The molecule has 1 aliphatic heterocycles. The third-order valence-electron chi connectivity index (χ3n) is 4.20. The van der Waals surface area contributed by atoms with E-state index < -0.39 is 0 Å². The Kier molecular flexibility index (Phi) is 3.46. The molecule has 0 spiro atoms. The monoisotopic (exact) mass is 309 g/mol. The summed E-state index contributed by atoms with van der Waals surface area (Å²) in [6, 6.07) is 8.10. The zero-order chi connectivity index (χ0) is 15.8. The molecule has 0 atom stereocenters. The third kappa shape index (κ3) is 2.55. The Morgan fingerprint density at radius 1 is 1.04 bits per heavy atom. The molecule has 3 aromatic rings. The van der Waals surface area contributed by atoms with Crippen LogP contribution in [0.3, 0.4) is 0 Å². The van der Waals surface area contributed by atoms with Crippen molar-refractivity contribution in [3.05, 3.63) is 41.9 Å². The third-order valence-corrected chi connectivity index (χ3v) is 4.20. The summed E-state index contributed by atoms with van der Waals surface area (Å²) in [6.45, 7) is 7.39. The van der Waals surface area contributed by atoms with Crippen LogP contribution in [-0.4, -0.2) is 45.9 Å². The smallest absolute Gasteiger partial charge is 0.154 e. The average Bonchev–Trinajstić information content (AvgIpc) is 2.92. The van der Waals surface area contributed by atoms with E-state index in [1.54, 1.807) is 0 Å². The number of morpholine rings is 1. The van der Waals surface area contributed by atoms with Crippen molar-refractivity contribution in [3.63, 3.8) is 0 Å². The van der Waals surface area contributed by atoms with Crippen LogP contribution in [0.1, 0.15) is 11.4 Å². The lowest BCUT2D eigenvalue weighted by Crippen LogP contribution is -2.36. The van der Waals surface area contributed by atoms with Gasteiger partial charge in [-0.05, 0) is 38.1 Å². The number of aryl methyl sites for hydroxylation is 2. The number of hydrogen-bond acceptors (Lipinski definition) is 5. The fourth-order valence-corrected chi connectivity index (χ4v) is 2.91. The van der Waals surface area contributed by atoms with E-state index in [-0.39, 0.29) is 0 Å². The van der Waals surface area contributed by atoms with Crippen LogP contribution in [0.5, 0.6) is 0 Å². The lowest BCUT2D eigenvalue weighted by atomic mass is 10.2. The van der Waals surface area contributed by atoms with Crippen LogP contribution in [0.15, 0.2) is 30.5 Å². The molecule has 118 valence electrons. The van der Waals surface area contributed by atoms with Crippen molar-refractivity contribution in [2.75, 3.05) is 31.2 Å². The molecule has 6 nitrogen and oxygen atoms in total. The van der Waals surface area contributed by atoms with Gasteiger partial charge >= 0.3 is 0 Å². The first-order chi connectivity index (χ1) is 11.2. The predicted molar refractivity (Wildman–Crippen MR) is 88.7 cm³/mol. The molecule has 0 bridgehead atoms. The summed E-state index contributed by atoms with van der Waals surface area (Å²) in [4.78, 5) is 11.6. The molecule has 4 heterocycles. The number of imidazole rings is 1. The number of aromatic nitrogens is 4. The molecule has 0 saturated carbocycles. The van der Waals surface area contributed by atoms with Gasteiger partial charge in [0.25, 0.3) is 0 Å². The van der Waals surface area contributed by atoms with Crippen molar-refractivity contribution in [2.24, 2.45) is 0 Å². The first-order valence-corrected chi connectivity index (χ1v) is 7.84. The highest BCUT2D eigenvalue weighted by molar-refractivity contribution is 5.64. The normalized spacial score (nSPS) is 15.3. The summed E-state index contributed by atoms with van der Waals surface area (Å²) < 4.78 is 7.27. The maximum Gasteiger partial charge on any atom is 0.154 e. The topological polar surface area (TPSA) is 55.5 Å². The van der Waals surface area contributed by atoms with E-state index in [9.17, 15) is 0 Å². The van der Waals surface area contributed by atoms with Crippen LogP contribution in [0.25, 0.3) is 17.0 Å². The van der Waals surface area contributed by atoms with Crippen molar-refractivity contribution in [2.45, 2.75) is 13.8 Å². The fraction of sp³-hybridized carbons (Fsp3) is 0.353. The van der Waals surface area contributed by atoms with Crippen molar-refractivity contribution in [3.8, 4) is 11.4 Å². The van der Waals surface area contributed by atoms with Crippen molar-refractivity contribution in [1.29, 1.82) is 0 Å². The van der Waals surface area contributed by atoms with Crippen LogP contribution in [0.2, 0.25) is 0 Å². The molecule has 23 heavy (non-hydrogen) atoms. The van der Waals surface area contributed by atoms with Crippen LogP contribution in [-0.2, 0) is 4.74 Å². The molecule has 0 aliphatic carbocycles. The van der Waals surface area contributed by atoms with E-state index in [1.165, 1.54) is 0 Å². The maximum absolute atomic E-state index is 5.39. The van der Waals surface area contributed by atoms with E-state index >= 15 is 0 Å². The van der Waals surface area contributed by atoms with E-state index in [1.807, 2.05) is 42.8 Å². The number of pyridine rings is 1. The molecule has 0 radical (unpaired) electrons. The molecular formula is C17H19N5O. The van der Waals surface area contributed by atoms with Crippen LogP contribution in [0.4, 0.5) is 5.69 Å². The molecule has 6 heteroatoms. The number of hydrogen-bond donors (Lipinski definition) is 0. The lowest BCUT2D eigenvalue weighted by molar-refractivity contribution is 0.122. The predicted octanol–water partition coefficient (Wildman–Crippen LogP) is 2.24. The second kappa shape index (κ2) is 5.62. The molecule has 0 aromatic carbocycles. The van der Waals surface area contributed by atoms with E-state index in [0.717, 1.165) is 60.4 Å². The molecule has 3 aromatic heterocycles. The van der Waals surface area contributed by atoms with E-state index in [0.29, 0.717) is 0 Å². The first kappa shape index (κ1) is 14.1. The zero-order valence-corrected chi connectivity index (χ0v) is 13.4. The van der Waals surface area contributed by atoms with Gasteiger partial charge in [0.2, 0.25) is 0 Å². The Morgan fingerprint density at radius 2 is 1.87 bits per heavy atom. The SMILES string of the molecule is Cc1ccc2nc(-c3ccc(N4CCOCC4)cn3)c(C)n2n1. The first-order valence-electron chi connectivity index (χ1n) is 7.84. The minimum absolute atomic E-state index is 0.776. The Labute approximate surface area is 134 Å². The highest BCUT2D eigenvalue weighted by Crippen LogP contribution is 2.24. The molecule has 0 amide bonds. The molecule has 1 aliphatic rings. The average molecular weight is 309 g/mol. The Morgan fingerprint density at radius 3 is 2.61 bits per heavy atom. The summed E-state index contributed by atoms with van der Waals surface area (Å²) >= 11 is 0. The van der Waals surface area contributed by atoms with E-state index in [4.69, 9.17) is 4.74 Å². The molecule has 0 unspecified atom stereocenters.